The van der Waals surface area contributed by atoms with E-state index in [4.69, 9.17) is 5.73 Å². The minimum absolute atomic E-state index is 0.00664. The van der Waals surface area contributed by atoms with E-state index < -0.39 is 5.82 Å². The highest BCUT2D eigenvalue weighted by atomic mass is 32.1. The summed E-state index contributed by atoms with van der Waals surface area (Å²) in [6.45, 7) is 3.88. The maximum Gasteiger partial charge on any atom is 0.256 e. The molecule has 1 aromatic carbocycles. The van der Waals surface area contributed by atoms with Crippen LogP contribution in [-0.4, -0.2) is 22.8 Å². The Bertz CT molecular complexity index is 654. The van der Waals surface area contributed by atoms with Crippen molar-refractivity contribution in [2.75, 3.05) is 12.8 Å². The van der Waals surface area contributed by atoms with Gasteiger partial charge in [0.25, 0.3) is 5.91 Å². The molecule has 2 N–H and O–H groups in total. The molecule has 0 saturated heterocycles. The van der Waals surface area contributed by atoms with Gasteiger partial charge in [-0.2, -0.15) is 0 Å². The van der Waals surface area contributed by atoms with Crippen LogP contribution in [0.25, 0.3) is 0 Å². The van der Waals surface area contributed by atoms with Crippen LogP contribution >= 0.6 is 11.3 Å². The van der Waals surface area contributed by atoms with E-state index in [0.717, 1.165) is 10.6 Å². The molecule has 20 heavy (non-hydrogen) atoms. The standard InChI is InChI=1S/C14H16FN3OS/c1-8-4-10(16)5-11(13(8)15)14(19)18(3)6-12-9(2)17-7-20-12/h4-5,7H,6,16H2,1-3H3. The van der Waals surface area contributed by atoms with Gasteiger partial charge in [0.2, 0.25) is 0 Å². The first kappa shape index (κ1) is 14.5. The largest absolute Gasteiger partial charge is 0.399 e. The molecule has 1 aromatic heterocycles. The predicted octanol–water partition coefficient (Wildman–Crippen LogP) is 2.75. The lowest BCUT2D eigenvalue weighted by Crippen LogP contribution is -2.27. The molecule has 0 atom stereocenters. The first-order chi connectivity index (χ1) is 9.40. The number of amides is 1. The fourth-order valence-electron chi connectivity index (χ4n) is 1.92. The number of rotatable bonds is 3. The molecule has 0 radical (unpaired) electrons. The van der Waals surface area contributed by atoms with Gasteiger partial charge in [0.1, 0.15) is 5.82 Å². The van der Waals surface area contributed by atoms with E-state index in [2.05, 4.69) is 4.98 Å². The van der Waals surface area contributed by atoms with Gasteiger partial charge in [-0.1, -0.05) is 0 Å². The quantitative estimate of drug-likeness (QED) is 0.885. The van der Waals surface area contributed by atoms with Gasteiger partial charge in [-0.25, -0.2) is 9.37 Å². The van der Waals surface area contributed by atoms with Crippen LogP contribution in [0.1, 0.15) is 26.5 Å². The Morgan fingerprint density at radius 3 is 2.75 bits per heavy atom. The van der Waals surface area contributed by atoms with Gasteiger partial charge in [0.15, 0.2) is 0 Å². The topological polar surface area (TPSA) is 59.2 Å². The molecule has 2 rings (SSSR count). The molecular weight excluding hydrogens is 277 g/mol. The summed E-state index contributed by atoms with van der Waals surface area (Å²) in [6, 6.07) is 2.89. The molecule has 2 aromatic rings. The van der Waals surface area contributed by atoms with Crippen molar-refractivity contribution in [3.05, 3.63) is 45.2 Å². The molecular formula is C14H16FN3OS. The number of nitrogen functional groups attached to an aromatic ring is 1. The lowest BCUT2D eigenvalue weighted by molar-refractivity contribution is 0.0781. The van der Waals surface area contributed by atoms with Crippen molar-refractivity contribution >= 4 is 22.9 Å². The van der Waals surface area contributed by atoms with E-state index in [9.17, 15) is 9.18 Å². The van der Waals surface area contributed by atoms with Gasteiger partial charge in [-0.15, -0.1) is 11.3 Å². The molecule has 0 aliphatic carbocycles. The molecule has 106 valence electrons. The van der Waals surface area contributed by atoms with Crippen LogP contribution in [0.5, 0.6) is 0 Å². The Kier molecular flexibility index (Phi) is 4.04. The Balaban J connectivity index is 2.25. The summed E-state index contributed by atoms with van der Waals surface area (Å²) < 4.78 is 14.0. The number of carbonyl (C=O) groups is 1. The number of thiazole rings is 1. The van der Waals surface area contributed by atoms with Crippen LogP contribution in [0.2, 0.25) is 0 Å². The average molecular weight is 293 g/mol. The van der Waals surface area contributed by atoms with Crippen LogP contribution in [0.15, 0.2) is 17.6 Å². The zero-order chi connectivity index (χ0) is 14.9. The Morgan fingerprint density at radius 1 is 1.45 bits per heavy atom. The highest BCUT2D eigenvalue weighted by molar-refractivity contribution is 7.09. The third-order valence-corrected chi connectivity index (χ3v) is 4.00. The number of anilines is 1. The number of aromatic nitrogens is 1. The van der Waals surface area contributed by atoms with Crippen LogP contribution in [-0.2, 0) is 6.54 Å². The molecule has 0 unspecified atom stereocenters. The van der Waals surface area contributed by atoms with Crippen LogP contribution in [0.3, 0.4) is 0 Å². The van der Waals surface area contributed by atoms with Crippen LogP contribution in [0.4, 0.5) is 10.1 Å². The molecule has 1 heterocycles. The molecule has 4 nitrogen and oxygen atoms in total. The molecule has 0 aliphatic heterocycles. The number of aryl methyl sites for hydroxylation is 2. The summed E-state index contributed by atoms with van der Waals surface area (Å²) in [5, 5.41) is 0. The molecule has 0 fully saturated rings. The maximum absolute atomic E-state index is 14.0. The molecule has 0 saturated carbocycles. The van der Waals surface area contributed by atoms with Gasteiger partial charge < -0.3 is 10.6 Å². The van der Waals surface area contributed by atoms with Gasteiger partial charge >= 0.3 is 0 Å². The number of nitrogens with zero attached hydrogens (tertiary/aromatic N) is 2. The summed E-state index contributed by atoms with van der Waals surface area (Å²) in [5.74, 6) is -0.900. The Morgan fingerprint density at radius 2 is 2.15 bits per heavy atom. The van der Waals surface area contributed by atoms with Gasteiger partial charge in [-0.3, -0.25) is 4.79 Å². The van der Waals surface area contributed by atoms with Gasteiger partial charge in [0, 0.05) is 17.6 Å². The maximum atomic E-state index is 14.0. The number of benzene rings is 1. The predicted molar refractivity (Wildman–Crippen MR) is 78.2 cm³/mol. The molecule has 0 aliphatic rings. The lowest BCUT2D eigenvalue weighted by atomic mass is 10.1. The summed E-state index contributed by atoms with van der Waals surface area (Å²) in [4.78, 5) is 18.9. The minimum atomic E-state index is -0.517. The van der Waals surface area contributed by atoms with Crippen molar-refractivity contribution in [2.45, 2.75) is 20.4 Å². The van der Waals surface area contributed by atoms with Crippen molar-refractivity contribution in [3.63, 3.8) is 0 Å². The van der Waals surface area contributed by atoms with E-state index in [1.54, 1.807) is 19.5 Å². The zero-order valence-corrected chi connectivity index (χ0v) is 12.4. The monoisotopic (exact) mass is 293 g/mol. The van der Waals surface area contributed by atoms with Crippen molar-refractivity contribution in [1.29, 1.82) is 0 Å². The number of hydrogen-bond acceptors (Lipinski definition) is 4. The normalized spacial score (nSPS) is 10.6. The van der Waals surface area contributed by atoms with E-state index >= 15 is 0 Å². The van der Waals surface area contributed by atoms with E-state index in [-0.39, 0.29) is 11.5 Å². The van der Waals surface area contributed by atoms with E-state index in [0.29, 0.717) is 17.8 Å². The second-order valence-electron chi connectivity index (χ2n) is 4.72. The summed E-state index contributed by atoms with van der Waals surface area (Å²) in [7, 11) is 1.64. The Hall–Kier alpha value is -1.95. The van der Waals surface area contributed by atoms with Gasteiger partial charge in [0.05, 0.1) is 23.3 Å². The number of hydrogen-bond donors (Lipinski definition) is 1. The number of nitrogens with two attached hydrogens (primary N) is 1. The fraction of sp³-hybridized carbons (Fsp3) is 0.286. The second kappa shape index (κ2) is 5.58. The van der Waals surface area contributed by atoms with Crippen LogP contribution in [0, 0.1) is 19.7 Å². The zero-order valence-electron chi connectivity index (χ0n) is 11.6. The van der Waals surface area contributed by atoms with E-state index in [1.807, 2.05) is 6.92 Å². The summed E-state index contributed by atoms with van der Waals surface area (Å²) in [5.41, 5.74) is 9.06. The SMILES string of the molecule is Cc1cc(N)cc(C(=O)N(C)Cc2scnc2C)c1F. The van der Waals surface area contributed by atoms with Crippen LogP contribution < -0.4 is 5.73 Å². The molecule has 6 heteroatoms. The number of halogens is 1. The van der Waals surface area contributed by atoms with Crippen molar-refractivity contribution in [1.82, 2.24) is 9.88 Å². The van der Waals surface area contributed by atoms with Crippen molar-refractivity contribution in [2.24, 2.45) is 0 Å². The first-order valence-corrected chi connectivity index (χ1v) is 6.98. The fourth-order valence-corrected chi connectivity index (χ4v) is 2.75. The van der Waals surface area contributed by atoms with E-state index in [1.165, 1.54) is 28.4 Å². The second-order valence-corrected chi connectivity index (χ2v) is 5.66. The first-order valence-electron chi connectivity index (χ1n) is 6.10. The summed E-state index contributed by atoms with van der Waals surface area (Å²) in [6.07, 6.45) is 0. The average Bonchev–Trinajstić information content (AvgIpc) is 2.78. The minimum Gasteiger partial charge on any atom is -0.399 e. The molecule has 0 spiro atoms. The summed E-state index contributed by atoms with van der Waals surface area (Å²) >= 11 is 1.48. The van der Waals surface area contributed by atoms with Gasteiger partial charge in [-0.05, 0) is 31.5 Å². The highest BCUT2D eigenvalue weighted by Gasteiger charge is 2.19. The lowest BCUT2D eigenvalue weighted by Gasteiger charge is -2.18. The Labute approximate surface area is 121 Å². The molecule has 1 amide bonds. The number of carbonyl (C=O) groups excluding carboxylic acids is 1. The van der Waals surface area contributed by atoms with Crippen molar-refractivity contribution < 1.29 is 9.18 Å². The third-order valence-electron chi connectivity index (χ3n) is 3.08. The smallest absolute Gasteiger partial charge is 0.256 e. The van der Waals surface area contributed by atoms with Crippen molar-refractivity contribution in [3.8, 4) is 0 Å². The highest BCUT2D eigenvalue weighted by Crippen LogP contribution is 2.20. The molecule has 0 bridgehead atoms. The third kappa shape index (κ3) is 2.80.